The first kappa shape index (κ1) is 12.8. The molecule has 0 saturated heterocycles. The van der Waals surface area contributed by atoms with Gasteiger partial charge in [-0.25, -0.2) is 0 Å². The van der Waals surface area contributed by atoms with E-state index in [-0.39, 0.29) is 16.6 Å². The van der Waals surface area contributed by atoms with E-state index >= 15 is 0 Å². The molecule has 0 rings (SSSR count). The third kappa shape index (κ3) is 4.51. The van der Waals surface area contributed by atoms with Crippen LogP contribution in [0.1, 0.15) is 41.5 Å². The fourth-order valence-corrected chi connectivity index (χ4v) is 0.674. The van der Waals surface area contributed by atoms with Gasteiger partial charge in [0.15, 0.2) is 5.78 Å². The maximum Gasteiger partial charge on any atom is 0.161 e. The summed E-state index contributed by atoms with van der Waals surface area (Å²) in [4.78, 5) is 12.4. The molecule has 0 aliphatic carbocycles. The molecule has 0 fully saturated rings. The lowest BCUT2D eigenvalue weighted by Crippen LogP contribution is -2.19. The van der Waals surface area contributed by atoms with E-state index in [0.717, 1.165) is 4.91 Å². The van der Waals surface area contributed by atoms with E-state index in [0.29, 0.717) is 0 Å². The van der Waals surface area contributed by atoms with Crippen molar-refractivity contribution in [1.82, 2.24) is 0 Å². The van der Waals surface area contributed by atoms with E-state index in [2.05, 4.69) is 12.6 Å². The van der Waals surface area contributed by atoms with E-state index < -0.39 is 0 Å². The van der Waals surface area contributed by atoms with Crippen molar-refractivity contribution in [3.8, 4) is 0 Å². The highest BCUT2D eigenvalue weighted by Crippen LogP contribution is 2.29. The molecule has 1 nitrogen and oxygen atoms in total. The predicted molar refractivity (Wildman–Crippen MR) is 61.0 cm³/mol. The van der Waals surface area contributed by atoms with Crippen LogP contribution in [-0.2, 0) is 4.79 Å². The quantitative estimate of drug-likeness (QED) is 0.506. The normalized spacial score (nSPS) is 14.5. The summed E-state index contributed by atoms with van der Waals surface area (Å²) >= 11 is 4.32. The Bertz CT molecular complexity index is 225. The van der Waals surface area contributed by atoms with Crippen molar-refractivity contribution in [1.29, 1.82) is 0 Å². The summed E-state index contributed by atoms with van der Waals surface area (Å²) in [6, 6.07) is 0. The van der Waals surface area contributed by atoms with Crippen molar-refractivity contribution in [2.75, 3.05) is 0 Å². The molecular formula is C11H20OS. The number of hydrogen-bond acceptors (Lipinski definition) is 2. The van der Waals surface area contributed by atoms with Gasteiger partial charge in [0.2, 0.25) is 0 Å². The second-order valence-electron chi connectivity index (χ2n) is 5.39. The first-order chi connectivity index (χ1) is 5.55. The SMILES string of the molecule is CC(C)(C)C(=O)C=C(S)C(C)(C)C. The largest absolute Gasteiger partial charge is 0.294 e. The Kier molecular flexibility index (Phi) is 3.80. The zero-order valence-corrected chi connectivity index (χ0v) is 10.3. The Morgan fingerprint density at radius 1 is 1.00 bits per heavy atom. The second-order valence-corrected chi connectivity index (χ2v) is 5.88. The molecule has 0 aromatic carbocycles. The third-order valence-corrected chi connectivity index (χ3v) is 2.58. The number of rotatable bonds is 1. The van der Waals surface area contributed by atoms with E-state index in [1.165, 1.54) is 0 Å². The molecule has 0 heterocycles. The molecule has 0 aliphatic heterocycles. The zero-order chi connectivity index (χ0) is 10.9. The number of carbonyl (C=O) groups excluding carboxylic acids is 1. The lowest BCUT2D eigenvalue weighted by molar-refractivity contribution is -0.121. The van der Waals surface area contributed by atoms with Crippen molar-refractivity contribution in [2.24, 2.45) is 10.8 Å². The maximum atomic E-state index is 11.6. The van der Waals surface area contributed by atoms with E-state index in [4.69, 9.17) is 0 Å². The summed E-state index contributed by atoms with van der Waals surface area (Å²) in [5.74, 6) is 0.132. The Morgan fingerprint density at radius 2 is 1.38 bits per heavy atom. The summed E-state index contributed by atoms with van der Waals surface area (Å²) < 4.78 is 0. The highest BCUT2D eigenvalue weighted by atomic mass is 32.1. The van der Waals surface area contributed by atoms with Gasteiger partial charge >= 0.3 is 0 Å². The molecule has 0 aromatic heterocycles. The molecule has 0 aliphatic rings. The molecule has 76 valence electrons. The molecule has 0 atom stereocenters. The average Bonchev–Trinajstić information content (AvgIpc) is 1.82. The Balaban J connectivity index is 4.70. The van der Waals surface area contributed by atoms with Crippen LogP contribution >= 0.6 is 12.6 Å². The van der Waals surface area contributed by atoms with Crippen molar-refractivity contribution < 1.29 is 4.79 Å². The molecule has 0 bridgehead atoms. The topological polar surface area (TPSA) is 17.1 Å². The van der Waals surface area contributed by atoms with Crippen LogP contribution in [-0.4, -0.2) is 5.78 Å². The minimum atomic E-state index is -0.306. The zero-order valence-electron chi connectivity index (χ0n) is 9.43. The number of thiol groups is 1. The summed E-state index contributed by atoms with van der Waals surface area (Å²) in [5.41, 5.74) is -0.344. The summed E-state index contributed by atoms with van der Waals surface area (Å²) in [6.45, 7) is 11.9. The minimum absolute atomic E-state index is 0.0377. The van der Waals surface area contributed by atoms with E-state index in [1.807, 2.05) is 41.5 Å². The van der Waals surface area contributed by atoms with Gasteiger partial charge < -0.3 is 0 Å². The van der Waals surface area contributed by atoms with Crippen LogP contribution in [0.25, 0.3) is 0 Å². The Hall–Kier alpha value is -0.240. The van der Waals surface area contributed by atoms with Crippen LogP contribution in [0.5, 0.6) is 0 Å². The van der Waals surface area contributed by atoms with Crippen LogP contribution in [0.4, 0.5) is 0 Å². The van der Waals surface area contributed by atoms with Gasteiger partial charge in [-0.3, -0.25) is 4.79 Å². The number of allylic oxidation sites excluding steroid dienone is 2. The fraction of sp³-hybridized carbons (Fsp3) is 0.727. The van der Waals surface area contributed by atoms with Gasteiger partial charge in [0.1, 0.15) is 0 Å². The Morgan fingerprint density at radius 3 is 1.62 bits per heavy atom. The minimum Gasteiger partial charge on any atom is -0.294 e. The standard InChI is InChI=1S/C11H20OS/c1-10(2,3)8(12)7-9(13)11(4,5)6/h7,13H,1-6H3. The van der Waals surface area contributed by atoms with Crippen LogP contribution in [0.3, 0.4) is 0 Å². The molecule has 0 radical (unpaired) electrons. The van der Waals surface area contributed by atoms with Gasteiger partial charge in [0.25, 0.3) is 0 Å². The van der Waals surface area contributed by atoms with E-state index in [9.17, 15) is 4.79 Å². The monoisotopic (exact) mass is 200 g/mol. The summed E-state index contributed by atoms with van der Waals surface area (Å²) in [7, 11) is 0. The molecule has 0 saturated carbocycles. The summed E-state index contributed by atoms with van der Waals surface area (Å²) in [6.07, 6.45) is 1.64. The highest BCUT2D eigenvalue weighted by molar-refractivity contribution is 7.84. The number of hydrogen-bond donors (Lipinski definition) is 1. The molecule has 2 heteroatoms. The summed E-state index contributed by atoms with van der Waals surface area (Å²) in [5, 5.41) is 0. The number of carbonyl (C=O) groups is 1. The average molecular weight is 200 g/mol. The van der Waals surface area contributed by atoms with Crippen molar-refractivity contribution in [3.63, 3.8) is 0 Å². The van der Waals surface area contributed by atoms with Gasteiger partial charge in [-0.05, 0) is 16.4 Å². The van der Waals surface area contributed by atoms with Crippen LogP contribution in [0, 0.1) is 10.8 Å². The maximum absolute atomic E-state index is 11.6. The van der Waals surface area contributed by atoms with Crippen molar-refractivity contribution in [3.05, 3.63) is 11.0 Å². The van der Waals surface area contributed by atoms with E-state index in [1.54, 1.807) is 6.08 Å². The van der Waals surface area contributed by atoms with Gasteiger partial charge in [-0.15, -0.1) is 12.6 Å². The Labute approximate surface area is 87.0 Å². The van der Waals surface area contributed by atoms with Crippen LogP contribution in [0.2, 0.25) is 0 Å². The first-order valence-electron chi connectivity index (χ1n) is 4.51. The highest BCUT2D eigenvalue weighted by Gasteiger charge is 2.22. The van der Waals surface area contributed by atoms with Crippen LogP contribution in [0.15, 0.2) is 11.0 Å². The fourth-order valence-electron chi connectivity index (χ4n) is 0.557. The second kappa shape index (κ2) is 3.87. The van der Waals surface area contributed by atoms with Crippen molar-refractivity contribution >= 4 is 18.4 Å². The van der Waals surface area contributed by atoms with Gasteiger partial charge in [0.05, 0.1) is 0 Å². The van der Waals surface area contributed by atoms with Gasteiger partial charge in [-0.2, -0.15) is 0 Å². The molecule has 0 aromatic rings. The van der Waals surface area contributed by atoms with Gasteiger partial charge in [0, 0.05) is 5.41 Å². The predicted octanol–water partition coefficient (Wildman–Crippen LogP) is 3.46. The molecule has 0 amide bonds. The first-order valence-corrected chi connectivity index (χ1v) is 4.95. The molecular weight excluding hydrogens is 180 g/mol. The van der Waals surface area contributed by atoms with Crippen LogP contribution < -0.4 is 0 Å². The lowest BCUT2D eigenvalue weighted by atomic mass is 9.88. The van der Waals surface area contributed by atoms with Gasteiger partial charge in [-0.1, -0.05) is 41.5 Å². The molecule has 0 N–H and O–H groups in total. The molecule has 0 unspecified atom stereocenters. The number of ketones is 1. The molecule has 0 spiro atoms. The molecule has 13 heavy (non-hydrogen) atoms. The lowest BCUT2D eigenvalue weighted by Gasteiger charge is -2.20. The van der Waals surface area contributed by atoms with Crippen molar-refractivity contribution in [2.45, 2.75) is 41.5 Å². The smallest absolute Gasteiger partial charge is 0.161 e. The third-order valence-electron chi connectivity index (χ3n) is 1.78.